The molecule has 1 aliphatic rings. The molecule has 1 unspecified atom stereocenters. The molecule has 1 N–H and O–H groups in total. The molecule has 9 heteroatoms. The maximum absolute atomic E-state index is 13.5. The molecule has 0 aliphatic carbocycles. The van der Waals surface area contributed by atoms with Crippen molar-refractivity contribution in [3.63, 3.8) is 0 Å². The van der Waals surface area contributed by atoms with E-state index in [1.165, 1.54) is 16.8 Å². The number of rotatable bonds is 5. The molecule has 0 saturated carbocycles. The molecule has 2 heterocycles. The topological polar surface area (TPSA) is 75.9 Å². The average Bonchev–Trinajstić information content (AvgIpc) is 3.05. The molecule has 2 aromatic rings. The van der Waals surface area contributed by atoms with Crippen LogP contribution in [-0.2, 0) is 11.2 Å². The lowest BCUT2D eigenvalue weighted by atomic mass is 10.0. The predicted molar refractivity (Wildman–Crippen MR) is 97.6 cm³/mol. The Morgan fingerprint density at radius 2 is 2.12 bits per heavy atom. The monoisotopic (exact) mass is 382 g/mol. The van der Waals surface area contributed by atoms with Gasteiger partial charge in [-0.1, -0.05) is 12.1 Å². The third-order valence-electron chi connectivity index (χ3n) is 4.77. The number of carbonyl (C=O) groups excluding carboxylic acids is 1. The molecule has 0 radical (unpaired) electrons. The van der Waals surface area contributed by atoms with Gasteiger partial charge in [-0.15, -0.1) is 17.5 Å². The van der Waals surface area contributed by atoms with Crippen LogP contribution in [0.4, 0.5) is 4.39 Å². The van der Waals surface area contributed by atoms with Gasteiger partial charge in [-0.2, -0.15) is 0 Å². The first kappa shape index (κ1) is 20.3. The zero-order valence-corrected chi connectivity index (χ0v) is 15.7. The summed E-state index contributed by atoms with van der Waals surface area (Å²) in [5.74, 6) is 0.237. The lowest BCUT2D eigenvalue weighted by Crippen LogP contribution is -2.47. The smallest absolute Gasteiger partial charge is 0.247 e. The fraction of sp³-hybridized carbons (Fsp3) is 0.529. The lowest BCUT2D eigenvalue weighted by molar-refractivity contribution is -0.136. The molecule has 7 nitrogen and oxygen atoms in total. The van der Waals surface area contributed by atoms with Crippen molar-refractivity contribution in [3.05, 3.63) is 41.5 Å². The van der Waals surface area contributed by atoms with Crippen molar-refractivity contribution < 1.29 is 9.18 Å². The molecule has 3 rings (SSSR count). The third kappa shape index (κ3) is 4.56. The Hall–Kier alpha value is -2.06. The summed E-state index contributed by atoms with van der Waals surface area (Å²) in [6.07, 6.45) is 2.20. The van der Waals surface area contributed by atoms with Crippen molar-refractivity contribution >= 4 is 18.3 Å². The standard InChI is InChI=1S/C17H23FN6O.ClH/c1-12-20-21-22-24(12)16(11-13-4-3-5-14(18)10-13)17(25)23-8-6-15(19-2)7-9-23;/h3-5,10,15-16,19H,6-9,11H2,1-2H3;1H. The van der Waals surface area contributed by atoms with Crippen molar-refractivity contribution in [1.29, 1.82) is 0 Å². The van der Waals surface area contributed by atoms with Crippen molar-refractivity contribution in [2.45, 2.75) is 38.3 Å². The lowest BCUT2D eigenvalue weighted by Gasteiger charge is -2.34. The number of tetrazole rings is 1. The molecular weight excluding hydrogens is 359 g/mol. The summed E-state index contributed by atoms with van der Waals surface area (Å²) in [6, 6.07) is 6.19. The summed E-state index contributed by atoms with van der Waals surface area (Å²) in [4.78, 5) is 15.0. The van der Waals surface area contributed by atoms with E-state index < -0.39 is 6.04 Å². The van der Waals surface area contributed by atoms with Gasteiger partial charge in [-0.05, 0) is 54.9 Å². The molecule has 1 aromatic heterocycles. The quantitative estimate of drug-likeness (QED) is 0.848. The average molecular weight is 383 g/mol. The minimum absolute atomic E-state index is 0. The van der Waals surface area contributed by atoms with Gasteiger partial charge in [0.1, 0.15) is 17.7 Å². The molecule has 1 saturated heterocycles. The van der Waals surface area contributed by atoms with Gasteiger partial charge in [-0.25, -0.2) is 9.07 Å². The second-order valence-electron chi connectivity index (χ2n) is 6.41. The Kier molecular flexibility index (Phi) is 7.05. The maximum Gasteiger partial charge on any atom is 0.247 e. The Bertz CT molecular complexity index is 732. The van der Waals surface area contributed by atoms with E-state index >= 15 is 0 Å². The van der Waals surface area contributed by atoms with Gasteiger partial charge in [0.15, 0.2) is 0 Å². The zero-order chi connectivity index (χ0) is 17.8. The van der Waals surface area contributed by atoms with Gasteiger partial charge in [0.25, 0.3) is 0 Å². The molecule has 1 fully saturated rings. The number of piperidine rings is 1. The van der Waals surface area contributed by atoms with Gasteiger partial charge in [0.05, 0.1) is 0 Å². The number of nitrogens with zero attached hydrogens (tertiary/aromatic N) is 5. The molecule has 1 amide bonds. The first-order valence-corrected chi connectivity index (χ1v) is 8.53. The molecule has 142 valence electrons. The van der Waals surface area contributed by atoms with E-state index in [4.69, 9.17) is 0 Å². The highest BCUT2D eigenvalue weighted by atomic mass is 35.5. The molecule has 1 atom stereocenters. The van der Waals surface area contributed by atoms with Crippen LogP contribution in [0.5, 0.6) is 0 Å². The molecule has 0 bridgehead atoms. The highest BCUT2D eigenvalue weighted by molar-refractivity contribution is 5.85. The van der Waals surface area contributed by atoms with Crippen LogP contribution in [0.15, 0.2) is 24.3 Å². The second-order valence-corrected chi connectivity index (χ2v) is 6.41. The number of aromatic nitrogens is 4. The van der Waals surface area contributed by atoms with Gasteiger partial charge in [-0.3, -0.25) is 4.79 Å². The van der Waals surface area contributed by atoms with Crippen LogP contribution in [0.2, 0.25) is 0 Å². The molecule has 0 spiro atoms. The molecule has 1 aromatic carbocycles. The number of amides is 1. The summed E-state index contributed by atoms with van der Waals surface area (Å²) in [5.41, 5.74) is 0.748. The van der Waals surface area contributed by atoms with Crippen molar-refractivity contribution in [2.24, 2.45) is 0 Å². The predicted octanol–water partition coefficient (Wildman–Crippen LogP) is 1.54. The normalized spacial score (nSPS) is 16.2. The summed E-state index contributed by atoms with van der Waals surface area (Å²) in [7, 11) is 1.94. The van der Waals surface area contributed by atoms with Gasteiger partial charge in [0.2, 0.25) is 5.91 Å². The number of hydrogen-bond donors (Lipinski definition) is 1. The fourth-order valence-electron chi connectivity index (χ4n) is 3.29. The van der Waals surface area contributed by atoms with Crippen LogP contribution < -0.4 is 5.32 Å². The van der Waals surface area contributed by atoms with E-state index in [1.807, 2.05) is 18.0 Å². The SMILES string of the molecule is CNC1CCN(C(=O)C(Cc2cccc(F)c2)n2nnnc2C)CC1.Cl. The number of nitrogens with one attached hydrogen (secondary N) is 1. The largest absolute Gasteiger partial charge is 0.341 e. The minimum Gasteiger partial charge on any atom is -0.341 e. The van der Waals surface area contributed by atoms with Gasteiger partial charge in [0, 0.05) is 25.6 Å². The van der Waals surface area contributed by atoms with Crippen LogP contribution >= 0.6 is 12.4 Å². The van der Waals surface area contributed by atoms with Gasteiger partial charge < -0.3 is 10.2 Å². The van der Waals surface area contributed by atoms with Crippen LogP contribution in [0.25, 0.3) is 0 Å². The number of hydrogen-bond acceptors (Lipinski definition) is 5. The molecule has 1 aliphatic heterocycles. The van der Waals surface area contributed by atoms with Crippen molar-refractivity contribution in [1.82, 2.24) is 30.4 Å². The van der Waals surface area contributed by atoms with E-state index in [9.17, 15) is 9.18 Å². The summed E-state index contributed by atoms with van der Waals surface area (Å²) >= 11 is 0. The van der Waals surface area contributed by atoms with Crippen molar-refractivity contribution in [2.75, 3.05) is 20.1 Å². The van der Waals surface area contributed by atoms with E-state index in [1.54, 1.807) is 13.0 Å². The highest BCUT2D eigenvalue weighted by Crippen LogP contribution is 2.21. The zero-order valence-electron chi connectivity index (χ0n) is 14.9. The fourth-order valence-corrected chi connectivity index (χ4v) is 3.29. The first-order chi connectivity index (χ1) is 12.1. The number of likely N-dealkylation sites (tertiary alicyclic amines) is 1. The van der Waals surface area contributed by atoms with Crippen molar-refractivity contribution in [3.8, 4) is 0 Å². The highest BCUT2D eigenvalue weighted by Gasteiger charge is 2.31. The first-order valence-electron chi connectivity index (χ1n) is 8.53. The Balaban J connectivity index is 0.00000243. The van der Waals surface area contributed by atoms with Crippen LogP contribution in [0.3, 0.4) is 0 Å². The van der Waals surface area contributed by atoms with E-state index in [-0.39, 0.29) is 24.1 Å². The number of benzene rings is 1. The second kappa shape index (κ2) is 9.05. The number of halogens is 2. The van der Waals surface area contributed by atoms with Crippen LogP contribution in [0.1, 0.15) is 30.3 Å². The van der Waals surface area contributed by atoms with E-state index in [0.717, 1.165) is 18.4 Å². The summed E-state index contributed by atoms with van der Waals surface area (Å²) < 4.78 is 15.1. The Morgan fingerprint density at radius 3 is 2.69 bits per heavy atom. The van der Waals surface area contributed by atoms with E-state index in [2.05, 4.69) is 20.8 Å². The Labute approximate surface area is 158 Å². The summed E-state index contributed by atoms with van der Waals surface area (Å²) in [5, 5.41) is 14.8. The number of aryl methyl sites for hydroxylation is 1. The summed E-state index contributed by atoms with van der Waals surface area (Å²) in [6.45, 7) is 3.16. The van der Waals surface area contributed by atoms with E-state index in [0.29, 0.717) is 31.4 Å². The van der Waals surface area contributed by atoms with Gasteiger partial charge >= 0.3 is 0 Å². The third-order valence-corrected chi connectivity index (χ3v) is 4.77. The minimum atomic E-state index is -0.567. The Morgan fingerprint density at radius 1 is 1.38 bits per heavy atom. The van der Waals surface area contributed by atoms with Crippen LogP contribution in [0, 0.1) is 12.7 Å². The maximum atomic E-state index is 13.5. The van der Waals surface area contributed by atoms with Crippen LogP contribution in [-0.4, -0.2) is 57.2 Å². The number of carbonyl (C=O) groups is 1. The molecule has 26 heavy (non-hydrogen) atoms. The molecular formula is C17H24ClFN6O.